The summed E-state index contributed by atoms with van der Waals surface area (Å²) in [6, 6.07) is 10.7. The van der Waals surface area contributed by atoms with E-state index in [-0.39, 0.29) is 5.02 Å². The molecule has 2 rings (SSSR count). The Morgan fingerprint density at radius 2 is 1.53 bits per heavy atom. The molecule has 0 spiro atoms. The van der Waals surface area contributed by atoms with Gasteiger partial charge in [-0.15, -0.1) is 0 Å². The van der Waals surface area contributed by atoms with Crippen LogP contribution in [0.15, 0.2) is 42.5 Å². The SMILES string of the molecule is O[C@@H](c1ccc(Cl)cc1)c1cc(F)cc(Cl)c1. The number of hydrogen-bond donors (Lipinski definition) is 1. The van der Waals surface area contributed by atoms with Crippen LogP contribution in [0.1, 0.15) is 17.2 Å². The zero-order chi connectivity index (χ0) is 12.4. The van der Waals surface area contributed by atoms with Gasteiger partial charge in [0.1, 0.15) is 11.9 Å². The third kappa shape index (κ3) is 2.97. The lowest BCUT2D eigenvalue weighted by Crippen LogP contribution is -2.00. The molecule has 88 valence electrons. The third-order valence-corrected chi connectivity index (χ3v) is 2.86. The second kappa shape index (κ2) is 5.05. The fraction of sp³-hybridized carbons (Fsp3) is 0.0769. The van der Waals surface area contributed by atoms with Crippen LogP contribution in [-0.2, 0) is 0 Å². The van der Waals surface area contributed by atoms with Crippen molar-refractivity contribution in [2.75, 3.05) is 0 Å². The van der Waals surface area contributed by atoms with E-state index < -0.39 is 11.9 Å². The van der Waals surface area contributed by atoms with Crippen molar-refractivity contribution in [2.24, 2.45) is 0 Å². The Bertz CT molecular complexity index is 505. The minimum Gasteiger partial charge on any atom is -0.384 e. The molecule has 1 N–H and O–H groups in total. The molecule has 0 saturated carbocycles. The second-order valence-electron chi connectivity index (χ2n) is 3.66. The van der Waals surface area contributed by atoms with E-state index in [4.69, 9.17) is 23.2 Å². The predicted octanol–water partition coefficient (Wildman–Crippen LogP) is 4.21. The third-order valence-electron chi connectivity index (χ3n) is 2.39. The molecule has 0 amide bonds. The van der Waals surface area contributed by atoms with Gasteiger partial charge in [0.15, 0.2) is 0 Å². The molecule has 0 bridgehead atoms. The van der Waals surface area contributed by atoms with Gasteiger partial charge >= 0.3 is 0 Å². The topological polar surface area (TPSA) is 20.2 Å². The number of benzene rings is 2. The summed E-state index contributed by atoms with van der Waals surface area (Å²) in [5.41, 5.74) is 1.05. The zero-order valence-electron chi connectivity index (χ0n) is 8.70. The smallest absolute Gasteiger partial charge is 0.125 e. The molecule has 0 aromatic heterocycles. The number of hydrogen-bond acceptors (Lipinski definition) is 1. The largest absolute Gasteiger partial charge is 0.384 e. The highest BCUT2D eigenvalue weighted by Gasteiger charge is 2.12. The number of halogens is 3. The van der Waals surface area contributed by atoms with Crippen LogP contribution in [0, 0.1) is 5.82 Å². The van der Waals surface area contributed by atoms with Gasteiger partial charge in [0, 0.05) is 10.0 Å². The summed E-state index contributed by atoms with van der Waals surface area (Å²) in [6.07, 6.45) is -0.916. The van der Waals surface area contributed by atoms with Crippen LogP contribution in [0.5, 0.6) is 0 Å². The van der Waals surface area contributed by atoms with Gasteiger partial charge in [0.05, 0.1) is 0 Å². The summed E-state index contributed by atoms with van der Waals surface area (Å²) in [5, 5.41) is 10.9. The molecule has 17 heavy (non-hydrogen) atoms. The van der Waals surface area contributed by atoms with Crippen molar-refractivity contribution in [3.8, 4) is 0 Å². The molecule has 0 aliphatic rings. The number of rotatable bonds is 2. The number of aliphatic hydroxyl groups is 1. The average Bonchev–Trinajstić information content (AvgIpc) is 2.28. The van der Waals surface area contributed by atoms with Crippen LogP contribution < -0.4 is 0 Å². The first-order chi connectivity index (χ1) is 8.06. The molecule has 0 saturated heterocycles. The van der Waals surface area contributed by atoms with Gasteiger partial charge < -0.3 is 5.11 Å². The van der Waals surface area contributed by atoms with Gasteiger partial charge in [0.25, 0.3) is 0 Å². The van der Waals surface area contributed by atoms with Crippen molar-refractivity contribution in [3.05, 3.63) is 69.5 Å². The lowest BCUT2D eigenvalue weighted by molar-refractivity contribution is 0.220. The first kappa shape index (κ1) is 12.4. The van der Waals surface area contributed by atoms with E-state index in [1.54, 1.807) is 24.3 Å². The summed E-state index contributed by atoms with van der Waals surface area (Å²) in [5.74, 6) is -0.472. The molecule has 4 heteroatoms. The van der Waals surface area contributed by atoms with Gasteiger partial charge in [-0.2, -0.15) is 0 Å². The molecule has 0 aliphatic carbocycles. The highest BCUT2D eigenvalue weighted by molar-refractivity contribution is 6.30. The maximum atomic E-state index is 13.2. The zero-order valence-corrected chi connectivity index (χ0v) is 10.2. The predicted molar refractivity (Wildman–Crippen MR) is 66.9 cm³/mol. The Kier molecular flexibility index (Phi) is 3.67. The van der Waals surface area contributed by atoms with E-state index in [2.05, 4.69) is 0 Å². The van der Waals surface area contributed by atoms with Crippen LogP contribution in [0.25, 0.3) is 0 Å². The first-order valence-corrected chi connectivity index (χ1v) is 5.71. The van der Waals surface area contributed by atoms with Gasteiger partial charge in [-0.3, -0.25) is 0 Å². The van der Waals surface area contributed by atoms with Crippen molar-refractivity contribution in [1.29, 1.82) is 0 Å². The van der Waals surface area contributed by atoms with Crippen LogP contribution in [0.4, 0.5) is 4.39 Å². The van der Waals surface area contributed by atoms with E-state index in [1.165, 1.54) is 18.2 Å². The summed E-state index contributed by atoms with van der Waals surface area (Å²) in [6.45, 7) is 0. The molecule has 1 atom stereocenters. The van der Waals surface area contributed by atoms with Crippen LogP contribution in [0.3, 0.4) is 0 Å². The minimum atomic E-state index is -0.916. The first-order valence-electron chi connectivity index (χ1n) is 4.96. The van der Waals surface area contributed by atoms with Crippen molar-refractivity contribution >= 4 is 23.2 Å². The standard InChI is InChI=1S/C13H9Cl2FO/c14-10-3-1-8(2-4-10)13(17)9-5-11(15)7-12(16)6-9/h1-7,13,17H/t13-/m0/s1. The highest BCUT2D eigenvalue weighted by Crippen LogP contribution is 2.26. The van der Waals surface area contributed by atoms with Crippen molar-refractivity contribution in [3.63, 3.8) is 0 Å². The van der Waals surface area contributed by atoms with Gasteiger partial charge in [-0.05, 0) is 41.5 Å². The van der Waals surface area contributed by atoms with Crippen LogP contribution >= 0.6 is 23.2 Å². The highest BCUT2D eigenvalue weighted by atomic mass is 35.5. The lowest BCUT2D eigenvalue weighted by Gasteiger charge is -2.12. The molecule has 0 aliphatic heterocycles. The Hall–Kier alpha value is -1.09. The van der Waals surface area contributed by atoms with E-state index >= 15 is 0 Å². The Morgan fingerprint density at radius 1 is 0.882 bits per heavy atom. The Morgan fingerprint density at radius 3 is 2.12 bits per heavy atom. The van der Waals surface area contributed by atoms with Gasteiger partial charge in [0.2, 0.25) is 0 Å². The van der Waals surface area contributed by atoms with E-state index in [9.17, 15) is 9.50 Å². The molecule has 2 aromatic rings. The quantitative estimate of drug-likeness (QED) is 0.867. The molecule has 0 fully saturated rings. The molecule has 1 nitrogen and oxygen atoms in total. The average molecular weight is 271 g/mol. The van der Waals surface area contributed by atoms with Gasteiger partial charge in [-0.1, -0.05) is 35.3 Å². The summed E-state index contributed by atoms with van der Waals surface area (Å²) < 4.78 is 13.2. The normalized spacial score (nSPS) is 12.5. The summed E-state index contributed by atoms with van der Waals surface area (Å²) in [4.78, 5) is 0. The van der Waals surface area contributed by atoms with E-state index in [0.29, 0.717) is 16.1 Å². The Balaban J connectivity index is 2.36. The maximum Gasteiger partial charge on any atom is 0.125 e. The summed E-state index contributed by atoms with van der Waals surface area (Å²) in [7, 11) is 0. The van der Waals surface area contributed by atoms with Crippen molar-refractivity contribution < 1.29 is 9.50 Å². The molecule has 0 radical (unpaired) electrons. The van der Waals surface area contributed by atoms with Gasteiger partial charge in [-0.25, -0.2) is 4.39 Å². The monoisotopic (exact) mass is 270 g/mol. The van der Waals surface area contributed by atoms with E-state index in [0.717, 1.165) is 0 Å². The maximum absolute atomic E-state index is 13.2. The molecule has 2 aromatic carbocycles. The van der Waals surface area contributed by atoms with Crippen molar-refractivity contribution in [2.45, 2.75) is 6.10 Å². The summed E-state index contributed by atoms with van der Waals surface area (Å²) >= 11 is 11.5. The molecular formula is C13H9Cl2FO. The minimum absolute atomic E-state index is 0.257. The molecular weight excluding hydrogens is 262 g/mol. The Labute approximate surface area is 108 Å². The van der Waals surface area contributed by atoms with Crippen molar-refractivity contribution in [1.82, 2.24) is 0 Å². The number of aliphatic hydroxyl groups excluding tert-OH is 1. The lowest BCUT2D eigenvalue weighted by atomic mass is 10.0. The molecule has 0 heterocycles. The fourth-order valence-corrected chi connectivity index (χ4v) is 1.93. The second-order valence-corrected chi connectivity index (χ2v) is 4.53. The fourth-order valence-electron chi connectivity index (χ4n) is 1.57. The molecule has 0 unspecified atom stereocenters. The van der Waals surface area contributed by atoms with E-state index in [1.807, 2.05) is 0 Å². The van der Waals surface area contributed by atoms with Crippen LogP contribution in [-0.4, -0.2) is 5.11 Å². The van der Waals surface area contributed by atoms with Crippen LogP contribution in [0.2, 0.25) is 10.0 Å².